The smallest absolute Gasteiger partial charge is 0.187 e. The molecule has 1 heterocycles. The van der Waals surface area contributed by atoms with Gasteiger partial charge in [0.2, 0.25) is 0 Å². The lowest BCUT2D eigenvalue weighted by Gasteiger charge is -2.09. The molecule has 0 aliphatic carbocycles. The SMILES string of the molecule is COc1c(N)ncnc1-c1ccc2ccccc2c1. The summed E-state index contributed by atoms with van der Waals surface area (Å²) in [5.41, 5.74) is 7.48. The number of aromatic nitrogens is 2. The van der Waals surface area contributed by atoms with E-state index in [1.807, 2.05) is 18.2 Å². The molecule has 4 heteroatoms. The van der Waals surface area contributed by atoms with Crippen LogP contribution in [0.4, 0.5) is 5.82 Å². The van der Waals surface area contributed by atoms with Crippen molar-refractivity contribution in [3.05, 3.63) is 48.8 Å². The zero-order chi connectivity index (χ0) is 13.2. The van der Waals surface area contributed by atoms with Gasteiger partial charge in [0.1, 0.15) is 12.0 Å². The van der Waals surface area contributed by atoms with Crippen LogP contribution < -0.4 is 10.5 Å². The second-order valence-electron chi connectivity index (χ2n) is 4.20. The molecule has 0 spiro atoms. The van der Waals surface area contributed by atoms with Crippen molar-refractivity contribution in [1.29, 1.82) is 0 Å². The summed E-state index contributed by atoms with van der Waals surface area (Å²) in [5, 5.41) is 2.34. The van der Waals surface area contributed by atoms with Crippen LogP contribution in [0.15, 0.2) is 48.8 Å². The van der Waals surface area contributed by atoms with Crippen LogP contribution in [-0.2, 0) is 0 Å². The Hall–Kier alpha value is -2.62. The number of nitrogens with zero attached hydrogens (tertiary/aromatic N) is 2. The Bertz CT molecular complexity index is 740. The Kier molecular flexibility index (Phi) is 2.76. The first-order valence-corrected chi connectivity index (χ1v) is 5.93. The van der Waals surface area contributed by atoms with E-state index in [0.717, 1.165) is 10.9 Å². The normalized spacial score (nSPS) is 10.6. The lowest BCUT2D eigenvalue weighted by Crippen LogP contribution is -1.99. The third kappa shape index (κ3) is 1.97. The zero-order valence-electron chi connectivity index (χ0n) is 10.5. The van der Waals surface area contributed by atoms with Gasteiger partial charge in [-0.2, -0.15) is 0 Å². The summed E-state index contributed by atoms with van der Waals surface area (Å²) < 4.78 is 5.29. The van der Waals surface area contributed by atoms with E-state index in [-0.39, 0.29) is 0 Å². The highest BCUT2D eigenvalue weighted by atomic mass is 16.5. The van der Waals surface area contributed by atoms with Crippen molar-refractivity contribution in [1.82, 2.24) is 9.97 Å². The molecule has 94 valence electrons. The maximum absolute atomic E-state index is 5.81. The van der Waals surface area contributed by atoms with Crippen molar-refractivity contribution < 1.29 is 4.74 Å². The molecule has 2 N–H and O–H groups in total. The number of nitrogens with two attached hydrogens (primary N) is 1. The molecule has 1 aromatic heterocycles. The van der Waals surface area contributed by atoms with Gasteiger partial charge in [0, 0.05) is 5.56 Å². The average molecular weight is 251 g/mol. The summed E-state index contributed by atoms with van der Waals surface area (Å²) in [7, 11) is 1.57. The summed E-state index contributed by atoms with van der Waals surface area (Å²) in [6, 6.07) is 14.3. The average Bonchev–Trinajstić information content (AvgIpc) is 2.46. The van der Waals surface area contributed by atoms with Crippen LogP contribution in [0.3, 0.4) is 0 Å². The first-order valence-electron chi connectivity index (χ1n) is 5.93. The summed E-state index contributed by atoms with van der Waals surface area (Å²) in [6.45, 7) is 0. The number of anilines is 1. The van der Waals surface area contributed by atoms with Gasteiger partial charge < -0.3 is 10.5 Å². The molecule has 0 saturated heterocycles. The Morgan fingerprint density at radius 1 is 1.00 bits per heavy atom. The fourth-order valence-electron chi connectivity index (χ4n) is 2.13. The third-order valence-electron chi connectivity index (χ3n) is 3.06. The number of fused-ring (bicyclic) bond motifs is 1. The fourth-order valence-corrected chi connectivity index (χ4v) is 2.13. The standard InChI is InChI=1S/C15H13N3O/c1-19-14-13(17-9-18-15(14)16)12-7-6-10-4-2-3-5-11(10)8-12/h2-9H,1H3,(H2,16,17,18). The van der Waals surface area contributed by atoms with Gasteiger partial charge in [0.25, 0.3) is 0 Å². The van der Waals surface area contributed by atoms with E-state index < -0.39 is 0 Å². The minimum absolute atomic E-state index is 0.348. The lowest BCUT2D eigenvalue weighted by atomic mass is 10.0. The number of hydrogen-bond donors (Lipinski definition) is 1. The molecule has 0 radical (unpaired) electrons. The fraction of sp³-hybridized carbons (Fsp3) is 0.0667. The number of ether oxygens (including phenoxy) is 1. The predicted molar refractivity (Wildman–Crippen MR) is 75.9 cm³/mol. The van der Waals surface area contributed by atoms with Gasteiger partial charge >= 0.3 is 0 Å². The summed E-state index contributed by atoms with van der Waals surface area (Å²) in [6.07, 6.45) is 1.45. The van der Waals surface area contributed by atoms with Gasteiger partial charge in [0.05, 0.1) is 7.11 Å². The van der Waals surface area contributed by atoms with Crippen molar-refractivity contribution in [2.75, 3.05) is 12.8 Å². The highest BCUT2D eigenvalue weighted by molar-refractivity contribution is 5.88. The predicted octanol–water partition coefficient (Wildman–Crippen LogP) is 2.89. The van der Waals surface area contributed by atoms with Crippen molar-refractivity contribution in [3.63, 3.8) is 0 Å². The van der Waals surface area contributed by atoms with Gasteiger partial charge in [-0.15, -0.1) is 0 Å². The maximum Gasteiger partial charge on any atom is 0.187 e. The Morgan fingerprint density at radius 3 is 2.58 bits per heavy atom. The minimum atomic E-state index is 0.348. The molecule has 0 bridgehead atoms. The molecule has 0 aliphatic heterocycles. The van der Waals surface area contributed by atoms with Gasteiger partial charge in [-0.05, 0) is 16.8 Å². The Labute approximate surface area is 110 Å². The molecule has 3 rings (SSSR count). The van der Waals surface area contributed by atoms with Gasteiger partial charge in [0.15, 0.2) is 11.6 Å². The lowest BCUT2D eigenvalue weighted by molar-refractivity contribution is 0.415. The van der Waals surface area contributed by atoms with E-state index in [0.29, 0.717) is 17.3 Å². The monoisotopic (exact) mass is 251 g/mol. The van der Waals surface area contributed by atoms with Crippen molar-refractivity contribution >= 4 is 16.6 Å². The number of methoxy groups -OCH3 is 1. The minimum Gasteiger partial charge on any atom is -0.491 e. The number of hydrogen-bond acceptors (Lipinski definition) is 4. The molecule has 0 amide bonds. The van der Waals surface area contributed by atoms with Crippen LogP contribution in [0.25, 0.3) is 22.0 Å². The second kappa shape index (κ2) is 4.57. The Balaban J connectivity index is 2.22. The first-order chi connectivity index (χ1) is 9.29. The largest absolute Gasteiger partial charge is 0.491 e. The van der Waals surface area contributed by atoms with Crippen LogP contribution in [0.2, 0.25) is 0 Å². The van der Waals surface area contributed by atoms with E-state index in [1.54, 1.807) is 7.11 Å². The number of benzene rings is 2. The van der Waals surface area contributed by atoms with Crippen LogP contribution in [-0.4, -0.2) is 17.1 Å². The van der Waals surface area contributed by atoms with Crippen LogP contribution in [0.1, 0.15) is 0 Å². The van der Waals surface area contributed by atoms with Crippen molar-refractivity contribution in [3.8, 4) is 17.0 Å². The molecule has 2 aromatic carbocycles. The van der Waals surface area contributed by atoms with Crippen molar-refractivity contribution in [2.45, 2.75) is 0 Å². The van der Waals surface area contributed by atoms with E-state index in [1.165, 1.54) is 11.7 Å². The van der Waals surface area contributed by atoms with E-state index in [4.69, 9.17) is 10.5 Å². The molecule has 0 fully saturated rings. The molecule has 4 nitrogen and oxygen atoms in total. The molecule has 0 unspecified atom stereocenters. The van der Waals surface area contributed by atoms with Gasteiger partial charge in [-0.3, -0.25) is 0 Å². The van der Waals surface area contributed by atoms with E-state index >= 15 is 0 Å². The molecule has 19 heavy (non-hydrogen) atoms. The topological polar surface area (TPSA) is 61.0 Å². The molecule has 3 aromatic rings. The van der Waals surface area contributed by atoms with Crippen LogP contribution in [0.5, 0.6) is 5.75 Å². The molecule has 0 atom stereocenters. The quantitative estimate of drug-likeness (QED) is 0.760. The van der Waals surface area contributed by atoms with Crippen molar-refractivity contribution in [2.24, 2.45) is 0 Å². The first kappa shape index (κ1) is 11.5. The zero-order valence-corrected chi connectivity index (χ0v) is 10.5. The molecular formula is C15H13N3O. The third-order valence-corrected chi connectivity index (χ3v) is 3.06. The maximum atomic E-state index is 5.81. The van der Waals surface area contributed by atoms with Crippen LogP contribution in [0, 0.1) is 0 Å². The highest BCUT2D eigenvalue weighted by Crippen LogP contribution is 2.32. The van der Waals surface area contributed by atoms with E-state index in [2.05, 4.69) is 34.2 Å². The van der Waals surface area contributed by atoms with Crippen LogP contribution >= 0.6 is 0 Å². The summed E-state index contributed by atoms with van der Waals surface area (Å²) >= 11 is 0. The highest BCUT2D eigenvalue weighted by Gasteiger charge is 2.11. The van der Waals surface area contributed by atoms with Gasteiger partial charge in [-0.1, -0.05) is 36.4 Å². The summed E-state index contributed by atoms with van der Waals surface area (Å²) in [5.74, 6) is 0.860. The number of rotatable bonds is 2. The molecule has 0 aliphatic rings. The Morgan fingerprint density at radius 2 is 1.79 bits per heavy atom. The van der Waals surface area contributed by atoms with Gasteiger partial charge in [-0.25, -0.2) is 9.97 Å². The number of nitrogen functional groups attached to an aromatic ring is 1. The molecular weight excluding hydrogens is 238 g/mol. The molecule has 0 saturated carbocycles. The van der Waals surface area contributed by atoms with E-state index in [9.17, 15) is 0 Å². The second-order valence-corrected chi connectivity index (χ2v) is 4.20. The summed E-state index contributed by atoms with van der Waals surface area (Å²) in [4.78, 5) is 8.21.